The van der Waals surface area contributed by atoms with Crippen LogP contribution in [0.3, 0.4) is 0 Å². The van der Waals surface area contributed by atoms with Crippen LogP contribution in [0.1, 0.15) is 10.5 Å². The van der Waals surface area contributed by atoms with E-state index in [1.54, 1.807) is 17.6 Å². The minimum absolute atomic E-state index is 0.152. The third kappa shape index (κ3) is 1.62. The van der Waals surface area contributed by atoms with Crippen molar-refractivity contribution in [2.45, 2.75) is 0 Å². The normalized spacial score (nSPS) is 10.0. The number of rotatable bonds is 2. The first kappa shape index (κ1) is 8.83. The van der Waals surface area contributed by atoms with Gasteiger partial charge in [0.05, 0.1) is 0 Å². The maximum Gasteiger partial charge on any atom is 0.247 e. The average Bonchev–Trinajstić information content (AvgIpc) is 2.67. The second-order valence-corrected chi connectivity index (χ2v) is 3.50. The molecule has 0 aromatic carbocycles. The number of pyridine rings is 1. The molecule has 0 amide bonds. The maximum atomic E-state index is 10.8. The number of aromatic nitrogens is 2. The molecule has 0 aliphatic rings. The Morgan fingerprint density at radius 1 is 1.43 bits per heavy atom. The lowest BCUT2D eigenvalue weighted by Gasteiger charge is -1.92. The third-order valence-electron chi connectivity index (χ3n) is 1.67. The fraction of sp³-hybridized carbons (Fsp3) is 0. The Balaban J connectivity index is 2.44. The molecular weight excluding hydrogens is 200 g/mol. The summed E-state index contributed by atoms with van der Waals surface area (Å²) in [6.07, 6.45) is 2.28. The molecule has 14 heavy (non-hydrogen) atoms. The lowest BCUT2D eigenvalue weighted by Crippen LogP contribution is -2.01. The summed E-state index contributed by atoms with van der Waals surface area (Å²) < 4.78 is 0. The van der Waals surface area contributed by atoms with Gasteiger partial charge in [0, 0.05) is 23.2 Å². The van der Waals surface area contributed by atoms with E-state index in [9.17, 15) is 9.59 Å². The minimum Gasteiger partial charge on any atom is -0.328 e. The van der Waals surface area contributed by atoms with E-state index < -0.39 is 0 Å². The molecule has 0 radical (unpaired) electrons. The number of H-pyrrole nitrogens is 1. The number of carbonyl (C=O) groups excluding carboxylic acids is 1. The van der Waals surface area contributed by atoms with Crippen LogP contribution in [0.5, 0.6) is 0 Å². The second kappa shape index (κ2) is 3.55. The van der Waals surface area contributed by atoms with Crippen molar-refractivity contribution >= 4 is 17.6 Å². The summed E-state index contributed by atoms with van der Waals surface area (Å²) in [5.41, 5.74) is 1.07. The molecule has 4 nitrogen and oxygen atoms in total. The standard InChI is InChI=1S/C9H6N2O2S/c12-4-7-5-14-9(11-7)6-1-2-8(13)10-3-6/h1-5H,(H,10,13). The summed E-state index contributed by atoms with van der Waals surface area (Å²) in [6.45, 7) is 0. The monoisotopic (exact) mass is 206 g/mol. The number of thiazole rings is 1. The number of aldehydes is 1. The fourth-order valence-electron chi connectivity index (χ4n) is 1.02. The molecule has 0 saturated heterocycles. The SMILES string of the molecule is O=Cc1csc(-c2ccc(=O)[nH]c2)n1. The number of hydrogen-bond acceptors (Lipinski definition) is 4. The van der Waals surface area contributed by atoms with Crippen molar-refractivity contribution in [1.82, 2.24) is 9.97 Å². The molecule has 2 heterocycles. The summed E-state index contributed by atoms with van der Waals surface area (Å²) in [4.78, 5) is 27.8. The molecule has 0 aliphatic heterocycles. The molecule has 0 atom stereocenters. The van der Waals surface area contributed by atoms with Gasteiger partial charge in [0.1, 0.15) is 10.7 Å². The second-order valence-electron chi connectivity index (χ2n) is 2.64. The highest BCUT2D eigenvalue weighted by molar-refractivity contribution is 7.13. The van der Waals surface area contributed by atoms with Crippen LogP contribution in [-0.4, -0.2) is 16.3 Å². The molecule has 0 spiro atoms. The van der Waals surface area contributed by atoms with E-state index in [-0.39, 0.29) is 5.56 Å². The zero-order valence-corrected chi connectivity index (χ0v) is 7.88. The fourth-order valence-corrected chi connectivity index (χ4v) is 1.78. The van der Waals surface area contributed by atoms with Gasteiger partial charge >= 0.3 is 0 Å². The number of hydrogen-bond donors (Lipinski definition) is 1. The molecule has 5 heteroatoms. The third-order valence-corrected chi connectivity index (χ3v) is 2.58. The van der Waals surface area contributed by atoms with E-state index in [1.165, 1.54) is 17.4 Å². The predicted octanol–water partition coefficient (Wildman–Crippen LogP) is 1.31. The summed E-state index contributed by atoms with van der Waals surface area (Å²) in [5.74, 6) is 0. The number of carbonyl (C=O) groups is 1. The van der Waals surface area contributed by atoms with Gasteiger partial charge in [-0.2, -0.15) is 0 Å². The minimum atomic E-state index is -0.152. The molecule has 2 aromatic rings. The summed E-state index contributed by atoms with van der Waals surface area (Å²) in [5, 5.41) is 2.40. The van der Waals surface area contributed by atoms with Crippen molar-refractivity contribution in [2.24, 2.45) is 0 Å². The van der Waals surface area contributed by atoms with Crippen LogP contribution in [0.4, 0.5) is 0 Å². The van der Waals surface area contributed by atoms with Crippen LogP contribution in [0.25, 0.3) is 10.6 Å². The van der Waals surface area contributed by atoms with Crippen molar-refractivity contribution in [3.8, 4) is 10.6 Å². The Morgan fingerprint density at radius 2 is 2.29 bits per heavy atom. The highest BCUT2D eigenvalue weighted by Crippen LogP contribution is 2.21. The van der Waals surface area contributed by atoms with Gasteiger partial charge in [-0.15, -0.1) is 11.3 Å². The van der Waals surface area contributed by atoms with Crippen LogP contribution in [-0.2, 0) is 0 Å². The van der Waals surface area contributed by atoms with E-state index in [0.717, 1.165) is 10.6 Å². The Hall–Kier alpha value is -1.75. The van der Waals surface area contributed by atoms with Gasteiger partial charge < -0.3 is 4.98 Å². The average molecular weight is 206 g/mol. The Kier molecular flexibility index (Phi) is 2.24. The first-order chi connectivity index (χ1) is 6.79. The first-order valence-corrected chi connectivity index (χ1v) is 4.77. The molecule has 70 valence electrons. The van der Waals surface area contributed by atoms with Crippen LogP contribution in [0.2, 0.25) is 0 Å². The Labute approximate surface area is 83.3 Å². The number of aromatic amines is 1. The zero-order chi connectivity index (χ0) is 9.97. The van der Waals surface area contributed by atoms with Crippen LogP contribution >= 0.6 is 11.3 Å². The molecule has 1 N–H and O–H groups in total. The molecule has 0 bridgehead atoms. The van der Waals surface area contributed by atoms with Crippen molar-refractivity contribution in [2.75, 3.05) is 0 Å². The van der Waals surface area contributed by atoms with E-state index in [1.807, 2.05) is 0 Å². The Morgan fingerprint density at radius 3 is 2.86 bits per heavy atom. The molecule has 0 saturated carbocycles. The van der Waals surface area contributed by atoms with Gasteiger partial charge in [0.15, 0.2) is 6.29 Å². The lowest BCUT2D eigenvalue weighted by molar-refractivity contribution is 0.111. The van der Waals surface area contributed by atoms with Gasteiger partial charge in [-0.3, -0.25) is 9.59 Å². The zero-order valence-electron chi connectivity index (χ0n) is 7.06. The molecule has 0 aliphatic carbocycles. The highest BCUT2D eigenvalue weighted by atomic mass is 32.1. The molecule has 2 rings (SSSR count). The molecule has 0 unspecified atom stereocenters. The van der Waals surface area contributed by atoms with Crippen molar-refractivity contribution in [1.29, 1.82) is 0 Å². The van der Waals surface area contributed by atoms with Crippen LogP contribution < -0.4 is 5.56 Å². The van der Waals surface area contributed by atoms with Crippen molar-refractivity contribution in [3.05, 3.63) is 39.8 Å². The number of nitrogens with zero attached hydrogens (tertiary/aromatic N) is 1. The van der Waals surface area contributed by atoms with Crippen molar-refractivity contribution in [3.63, 3.8) is 0 Å². The van der Waals surface area contributed by atoms with E-state index in [4.69, 9.17) is 0 Å². The van der Waals surface area contributed by atoms with E-state index >= 15 is 0 Å². The molecule has 0 fully saturated rings. The smallest absolute Gasteiger partial charge is 0.247 e. The summed E-state index contributed by atoms with van der Waals surface area (Å²) in [6, 6.07) is 3.10. The lowest BCUT2D eigenvalue weighted by atomic mass is 10.3. The molecule has 2 aromatic heterocycles. The summed E-state index contributed by atoms with van der Waals surface area (Å²) >= 11 is 1.37. The van der Waals surface area contributed by atoms with Crippen LogP contribution in [0.15, 0.2) is 28.5 Å². The quantitative estimate of drug-likeness (QED) is 0.753. The largest absolute Gasteiger partial charge is 0.328 e. The van der Waals surface area contributed by atoms with Gasteiger partial charge in [-0.05, 0) is 6.07 Å². The predicted molar refractivity (Wildman–Crippen MR) is 53.6 cm³/mol. The van der Waals surface area contributed by atoms with Gasteiger partial charge in [0.25, 0.3) is 0 Å². The highest BCUT2D eigenvalue weighted by Gasteiger charge is 2.03. The van der Waals surface area contributed by atoms with E-state index in [0.29, 0.717) is 12.0 Å². The van der Waals surface area contributed by atoms with Gasteiger partial charge in [-0.1, -0.05) is 0 Å². The van der Waals surface area contributed by atoms with Crippen molar-refractivity contribution < 1.29 is 4.79 Å². The Bertz CT molecular complexity index is 495. The van der Waals surface area contributed by atoms with Gasteiger partial charge in [0.2, 0.25) is 5.56 Å². The summed E-state index contributed by atoms with van der Waals surface area (Å²) in [7, 11) is 0. The molecular formula is C9H6N2O2S. The van der Waals surface area contributed by atoms with Crippen LogP contribution in [0, 0.1) is 0 Å². The first-order valence-electron chi connectivity index (χ1n) is 3.89. The number of nitrogens with one attached hydrogen (secondary N) is 1. The topological polar surface area (TPSA) is 62.8 Å². The maximum absolute atomic E-state index is 10.8. The van der Waals surface area contributed by atoms with Gasteiger partial charge in [-0.25, -0.2) is 4.98 Å². The van der Waals surface area contributed by atoms with E-state index in [2.05, 4.69) is 9.97 Å².